The highest BCUT2D eigenvalue weighted by atomic mass is 35.5. The van der Waals surface area contributed by atoms with Crippen molar-refractivity contribution in [3.8, 4) is 5.75 Å². The maximum absolute atomic E-state index is 14.7. The van der Waals surface area contributed by atoms with Crippen molar-refractivity contribution in [2.24, 2.45) is 0 Å². The molecule has 10 heteroatoms. The van der Waals surface area contributed by atoms with E-state index in [0.717, 1.165) is 18.7 Å². The summed E-state index contributed by atoms with van der Waals surface area (Å²) in [5.74, 6) is -0.758. The molecule has 3 rings (SSSR count). The Balaban J connectivity index is 0.00000210. The van der Waals surface area contributed by atoms with E-state index >= 15 is 0 Å². The van der Waals surface area contributed by atoms with Crippen molar-refractivity contribution in [3.05, 3.63) is 63.9 Å². The van der Waals surface area contributed by atoms with Crippen LogP contribution in [0.25, 0.3) is 0 Å². The van der Waals surface area contributed by atoms with Crippen molar-refractivity contribution in [1.29, 1.82) is 0 Å². The standard InChI is InChI=1S/C19H19ClF4N2O.2ClH/c1-12-2-7-15(21)16(17(12)20)18(26-10-8-25-9-11-26)13-3-5-14(6-4-13)27-19(22,23)24;;/h2-7,18,25H,8-11H2,1H3;2*1H/t18-;;/m0../s1. The number of rotatable bonds is 4. The SMILES string of the molecule is Cc1ccc(F)c([C@H](c2ccc(OC(F)(F)F)cc2)N2CCNCC2)c1Cl.Cl.Cl. The lowest BCUT2D eigenvalue weighted by atomic mass is 9.94. The molecule has 0 radical (unpaired) electrons. The van der Waals surface area contributed by atoms with Crippen LogP contribution in [0.3, 0.4) is 0 Å². The molecule has 0 spiro atoms. The molecule has 0 aromatic heterocycles. The highest BCUT2D eigenvalue weighted by Crippen LogP contribution is 2.37. The molecule has 0 bridgehead atoms. The predicted molar refractivity (Wildman–Crippen MR) is 110 cm³/mol. The van der Waals surface area contributed by atoms with Crippen molar-refractivity contribution in [2.45, 2.75) is 19.3 Å². The van der Waals surface area contributed by atoms with E-state index in [-0.39, 0.29) is 30.6 Å². The summed E-state index contributed by atoms with van der Waals surface area (Å²) in [6.45, 7) is 4.58. The van der Waals surface area contributed by atoms with Crippen LogP contribution in [-0.4, -0.2) is 37.4 Å². The summed E-state index contributed by atoms with van der Waals surface area (Å²) in [5, 5.41) is 3.56. The van der Waals surface area contributed by atoms with Gasteiger partial charge in [-0.3, -0.25) is 4.90 Å². The topological polar surface area (TPSA) is 24.5 Å². The first-order valence-electron chi connectivity index (χ1n) is 8.51. The maximum atomic E-state index is 14.7. The Kier molecular flexibility index (Phi) is 9.50. The summed E-state index contributed by atoms with van der Waals surface area (Å²) in [6.07, 6.45) is -4.76. The fourth-order valence-electron chi connectivity index (χ4n) is 3.28. The van der Waals surface area contributed by atoms with E-state index in [2.05, 4.69) is 15.0 Å². The first kappa shape index (κ1) is 25.8. The molecule has 1 atom stereocenters. The van der Waals surface area contributed by atoms with Crippen molar-refractivity contribution >= 4 is 36.4 Å². The van der Waals surface area contributed by atoms with Crippen LogP contribution in [0.2, 0.25) is 5.02 Å². The molecule has 0 aliphatic carbocycles. The molecule has 0 unspecified atom stereocenters. The number of hydrogen-bond donors (Lipinski definition) is 1. The second-order valence-electron chi connectivity index (χ2n) is 6.40. The number of hydrogen-bond acceptors (Lipinski definition) is 3. The van der Waals surface area contributed by atoms with E-state index in [1.165, 1.54) is 30.3 Å². The number of aryl methyl sites for hydroxylation is 1. The van der Waals surface area contributed by atoms with E-state index in [1.54, 1.807) is 13.0 Å². The molecular weight excluding hydrogens is 455 g/mol. The van der Waals surface area contributed by atoms with Crippen LogP contribution in [-0.2, 0) is 0 Å². The Morgan fingerprint density at radius 3 is 2.17 bits per heavy atom. The largest absolute Gasteiger partial charge is 0.573 e. The predicted octanol–water partition coefficient (Wildman–Crippen LogP) is 5.52. The van der Waals surface area contributed by atoms with Crippen molar-refractivity contribution in [1.82, 2.24) is 10.2 Å². The molecule has 0 saturated carbocycles. The molecule has 1 heterocycles. The molecule has 1 fully saturated rings. The zero-order valence-corrected chi connectivity index (χ0v) is 17.8. The van der Waals surface area contributed by atoms with Crippen molar-refractivity contribution < 1.29 is 22.3 Å². The monoisotopic (exact) mass is 474 g/mol. The quantitative estimate of drug-likeness (QED) is 0.589. The third-order valence-corrected chi connectivity index (χ3v) is 5.04. The van der Waals surface area contributed by atoms with Gasteiger partial charge in [0.2, 0.25) is 0 Å². The number of piperazine rings is 1. The molecule has 2 aromatic carbocycles. The minimum absolute atomic E-state index is 0. The lowest BCUT2D eigenvalue weighted by molar-refractivity contribution is -0.274. The van der Waals surface area contributed by atoms with E-state index in [1.807, 2.05) is 0 Å². The lowest BCUT2D eigenvalue weighted by Gasteiger charge is -2.36. The molecule has 162 valence electrons. The highest BCUT2D eigenvalue weighted by molar-refractivity contribution is 6.32. The molecule has 1 saturated heterocycles. The summed E-state index contributed by atoms with van der Waals surface area (Å²) in [4.78, 5) is 2.07. The van der Waals surface area contributed by atoms with Gasteiger partial charge in [0, 0.05) is 31.7 Å². The minimum atomic E-state index is -4.76. The number of nitrogens with zero attached hydrogens (tertiary/aromatic N) is 1. The fraction of sp³-hybridized carbons (Fsp3) is 0.368. The molecule has 1 aliphatic heterocycles. The number of halogens is 7. The lowest BCUT2D eigenvalue weighted by Crippen LogP contribution is -2.45. The van der Waals surface area contributed by atoms with Crippen LogP contribution in [0.1, 0.15) is 22.7 Å². The van der Waals surface area contributed by atoms with Gasteiger partial charge >= 0.3 is 6.36 Å². The summed E-state index contributed by atoms with van der Waals surface area (Å²) in [6, 6.07) is 7.99. The number of benzene rings is 2. The molecule has 1 N–H and O–H groups in total. The van der Waals surface area contributed by atoms with E-state index < -0.39 is 18.2 Å². The van der Waals surface area contributed by atoms with Gasteiger partial charge in [0.1, 0.15) is 11.6 Å². The molecular formula is C19H21Cl3F4N2O. The molecule has 2 aromatic rings. The first-order chi connectivity index (χ1) is 12.8. The zero-order chi connectivity index (χ0) is 19.6. The van der Waals surface area contributed by atoms with E-state index in [0.29, 0.717) is 29.2 Å². The second kappa shape index (κ2) is 10.7. The van der Waals surface area contributed by atoms with Gasteiger partial charge < -0.3 is 10.1 Å². The third kappa shape index (κ3) is 6.36. The van der Waals surface area contributed by atoms with Gasteiger partial charge in [0.15, 0.2) is 0 Å². The summed E-state index contributed by atoms with van der Waals surface area (Å²) >= 11 is 6.43. The number of ether oxygens (including phenoxy) is 1. The average Bonchev–Trinajstić information content (AvgIpc) is 2.62. The molecule has 29 heavy (non-hydrogen) atoms. The van der Waals surface area contributed by atoms with Crippen LogP contribution in [0, 0.1) is 12.7 Å². The van der Waals surface area contributed by atoms with Gasteiger partial charge in [0.25, 0.3) is 0 Å². The Hall–Kier alpha value is -1.25. The minimum Gasteiger partial charge on any atom is -0.406 e. The van der Waals surface area contributed by atoms with E-state index in [9.17, 15) is 17.6 Å². The zero-order valence-electron chi connectivity index (χ0n) is 15.4. The van der Waals surface area contributed by atoms with Crippen LogP contribution < -0.4 is 10.1 Å². The smallest absolute Gasteiger partial charge is 0.406 e. The van der Waals surface area contributed by atoms with Gasteiger partial charge in [-0.25, -0.2) is 4.39 Å². The molecule has 3 nitrogen and oxygen atoms in total. The fourth-order valence-corrected chi connectivity index (χ4v) is 3.54. The second-order valence-corrected chi connectivity index (χ2v) is 6.78. The van der Waals surface area contributed by atoms with Gasteiger partial charge in [-0.1, -0.05) is 29.8 Å². The summed E-state index contributed by atoms with van der Waals surface area (Å²) in [5.41, 5.74) is 1.73. The summed E-state index contributed by atoms with van der Waals surface area (Å²) in [7, 11) is 0. The third-order valence-electron chi connectivity index (χ3n) is 4.54. The van der Waals surface area contributed by atoms with Crippen molar-refractivity contribution in [3.63, 3.8) is 0 Å². The van der Waals surface area contributed by atoms with Gasteiger partial charge in [-0.05, 0) is 36.2 Å². The highest BCUT2D eigenvalue weighted by Gasteiger charge is 2.32. The van der Waals surface area contributed by atoms with Gasteiger partial charge in [0.05, 0.1) is 11.1 Å². The van der Waals surface area contributed by atoms with Crippen LogP contribution in [0.4, 0.5) is 17.6 Å². The van der Waals surface area contributed by atoms with Crippen molar-refractivity contribution in [2.75, 3.05) is 26.2 Å². The number of alkyl halides is 3. The Bertz CT molecular complexity index is 797. The average molecular weight is 476 g/mol. The summed E-state index contributed by atoms with van der Waals surface area (Å²) < 4.78 is 55.9. The van der Waals surface area contributed by atoms with Gasteiger partial charge in [-0.2, -0.15) is 0 Å². The molecule has 1 aliphatic rings. The normalized spacial score (nSPS) is 15.8. The Labute approximate surface area is 184 Å². The van der Waals surface area contributed by atoms with Gasteiger partial charge in [-0.15, -0.1) is 38.0 Å². The van der Waals surface area contributed by atoms with E-state index in [4.69, 9.17) is 11.6 Å². The van der Waals surface area contributed by atoms with Crippen LogP contribution in [0.15, 0.2) is 36.4 Å². The Morgan fingerprint density at radius 2 is 1.62 bits per heavy atom. The van der Waals surface area contributed by atoms with Crippen LogP contribution in [0.5, 0.6) is 5.75 Å². The number of nitrogens with one attached hydrogen (secondary N) is 1. The Morgan fingerprint density at radius 1 is 1.03 bits per heavy atom. The maximum Gasteiger partial charge on any atom is 0.573 e. The molecule has 0 amide bonds. The van der Waals surface area contributed by atoms with Crippen LogP contribution >= 0.6 is 36.4 Å². The first-order valence-corrected chi connectivity index (χ1v) is 8.89.